The van der Waals surface area contributed by atoms with Crippen LogP contribution < -0.4 is 15.6 Å². The van der Waals surface area contributed by atoms with Gasteiger partial charge < -0.3 is 10.1 Å². The lowest BCUT2D eigenvalue weighted by Crippen LogP contribution is -2.36. The molecule has 0 fully saturated rings. The number of rotatable bonds is 6. The molecule has 3 rings (SSSR count). The molecular formula is C21H17F4N3O3. The van der Waals surface area contributed by atoms with Gasteiger partial charge in [-0.2, -0.15) is 5.10 Å². The topological polar surface area (TPSA) is 73.2 Å². The van der Waals surface area contributed by atoms with Crippen LogP contribution in [0.3, 0.4) is 0 Å². The van der Waals surface area contributed by atoms with E-state index in [0.717, 1.165) is 10.7 Å². The highest BCUT2D eigenvalue weighted by Crippen LogP contribution is 2.26. The van der Waals surface area contributed by atoms with Crippen LogP contribution in [0.25, 0.3) is 11.3 Å². The van der Waals surface area contributed by atoms with Gasteiger partial charge in [0.05, 0.1) is 5.69 Å². The summed E-state index contributed by atoms with van der Waals surface area (Å²) in [6.45, 7) is 1.18. The van der Waals surface area contributed by atoms with Crippen LogP contribution in [-0.4, -0.2) is 22.1 Å². The third-order valence-electron chi connectivity index (χ3n) is 4.36. The molecule has 6 nitrogen and oxygen atoms in total. The second kappa shape index (κ2) is 8.99. The Morgan fingerprint density at radius 3 is 2.45 bits per heavy atom. The van der Waals surface area contributed by atoms with Gasteiger partial charge in [-0.3, -0.25) is 9.59 Å². The molecule has 0 bridgehead atoms. The van der Waals surface area contributed by atoms with Crippen LogP contribution in [0.15, 0.2) is 65.5 Å². The molecule has 0 saturated heterocycles. The minimum absolute atomic E-state index is 0.112. The standard InChI is InChI=1S/C21H17F4N3O3/c1-13(20(30)26-12-15-4-2-3-5-18(15)31-21(23,24)25)28-19(29)11-10-17(27-28)14-6-8-16(22)9-7-14/h2-11,13H,12H2,1H3,(H,26,30)/t13-/m1/s1. The van der Waals surface area contributed by atoms with Crippen LogP contribution in [0.2, 0.25) is 0 Å². The van der Waals surface area contributed by atoms with Gasteiger partial charge in [-0.15, -0.1) is 13.2 Å². The largest absolute Gasteiger partial charge is 0.573 e. The summed E-state index contributed by atoms with van der Waals surface area (Å²) >= 11 is 0. The van der Waals surface area contributed by atoms with Crippen molar-refractivity contribution in [2.45, 2.75) is 25.9 Å². The lowest BCUT2D eigenvalue weighted by atomic mass is 10.1. The molecule has 10 heteroatoms. The summed E-state index contributed by atoms with van der Waals surface area (Å²) in [5.41, 5.74) is 0.458. The summed E-state index contributed by atoms with van der Waals surface area (Å²) in [5, 5.41) is 6.64. The summed E-state index contributed by atoms with van der Waals surface area (Å²) in [6, 6.07) is 12.5. The number of hydrogen-bond donors (Lipinski definition) is 1. The predicted octanol–water partition coefficient (Wildman–Crippen LogP) is 3.83. The van der Waals surface area contributed by atoms with Gasteiger partial charge in [0, 0.05) is 23.7 Å². The quantitative estimate of drug-likeness (QED) is 0.598. The minimum Gasteiger partial charge on any atom is -0.405 e. The number of benzene rings is 2. The average Bonchev–Trinajstić information content (AvgIpc) is 2.72. The number of para-hydroxylation sites is 1. The van der Waals surface area contributed by atoms with E-state index in [1.54, 1.807) is 0 Å². The summed E-state index contributed by atoms with van der Waals surface area (Å²) in [5.74, 6) is -1.50. The maximum absolute atomic E-state index is 13.1. The Balaban J connectivity index is 1.76. The molecule has 162 valence electrons. The smallest absolute Gasteiger partial charge is 0.405 e. The molecule has 31 heavy (non-hydrogen) atoms. The van der Waals surface area contributed by atoms with E-state index in [-0.39, 0.29) is 12.1 Å². The molecule has 3 aromatic rings. The third kappa shape index (κ3) is 5.68. The number of alkyl halides is 3. The zero-order valence-corrected chi connectivity index (χ0v) is 16.2. The maximum atomic E-state index is 13.1. The fourth-order valence-electron chi connectivity index (χ4n) is 2.79. The van der Waals surface area contributed by atoms with Gasteiger partial charge in [-0.1, -0.05) is 18.2 Å². The van der Waals surface area contributed by atoms with Gasteiger partial charge in [0.1, 0.15) is 17.6 Å². The zero-order valence-electron chi connectivity index (χ0n) is 16.2. The molecule has 1 N–H and O–H groups in total. The summed E-state index contributed by atoms with van der Waals surface area (Å²) < 4.78 is 55.6. The highest BCUT2D eigenvalue weighted by Gasteiger charge is 2.32. The van der Waals surface area contributed by atoms with Crippen molar-refractivity contribution >= 4 is 5.91 Å². The number of carbonyl (C=O) groups excluding carboxylic acids is 1. The van der Waals surface area contributed by atoms with E-state index in [4.69, 9.17) is 0 Å². The van der Waals surface area contributed by atoms with E-state index in [0.29, 0.717) is 11.3 Å². The van der Waals surface area contributed by atoms with Crippen molar-refractivity contribution in [1.82, 2.24) is 15.1 Å². The van der Waals surface area contributed by atoms with Gasteiger partial charge in [0.15, 0.2) is 0 Å². The van der Waals surface area contributed by atoms with E-state index < -0.39 is 35.4 Å². The van der Waals surface area contributed by atoms with Gasteiger partial charge >= 0.3 is 6.36 Å². The number of amides is 1. The number of nitrogens with zero attached hydrogens (tertiary/aromatic N) is 2. The molecule has 1 aromatic heterocycles. The number of ether oxygens (including phenoxy) is 1. The van der Waals surface area contributed by atoms with E-state index >= 15 is 0 Å². The highest BCUT2D eigenvalue weighted by molar-refractivity contribution is 5.79. The normalized spacial score (nSPS) is 12.3. The van der Waals surface area contributed by atoms with Crippen LogP contribution in [0.1, 0.15) is 18.5 Å². The van der Waals surface area contributed by atoms with Crippen molar-refractivity contribution in [1.29, 1.82) is 0 Å². The molecule has 1 amide bonds. The SMILES string of the molecule is C[C@H](C(=O)NCc1ccccc1OC(F)(F)F)n1nc(-c2ccc(F)cc2)ccc1=O. The molecule has 0 aliphatic rings. The van der Waals surface area contributed by atoms with Crippen molar-refractivity contribution in [2.24, 2.45) is 0 Å². The van der Waals surface area contributed by atoms with Crippen molar-refractivity contribution in [2.75, 3.05) is 0 Å². The predicted molar refractivity (Wildman–Crippen MR) is 104 cm³/mol. The average molecular weight is 435 g/mol. The van der Waals surface area contributed by atoms with Gasteiger partial charge in [0.25, 0.3) is 5.56 Å². The molecule has 2 aromatic carbocycles. The second-order valence-corrected chi connectivity index (χ2v) is 6.56. The molecule has 1 heterocycles. The number of hydrogen-bond acceptors (Lipinski definition) is 4. The third-order valence-corrected chi connectivity index (χ3v) is 4.36. The molecular weight excluding hydrogens is 418 g/mol. The minimum atomic E-state index is -4.87. The number of halogens is 4. The van der Waals surface area contributed by atoms with Gasteiger partial charge in [-0.05, 0) is 43.3 Å². The number of carbonyl (C=O) groups is 1. The lowest BCUT2D eigenvalue weighted by molar-refractivity contribution is -0.274. The van der Waals surface area contributed by atoms with E-state index in [2.05, 4.69) is 15.2 Å². The van der Waals surface area contributed by atoms with Crippen LogP contribution in [0.5, 0.6) is 5.75 Å². The van der Waals surface area contributed by atoms with E-state index in [1.165, 1.54) is 61.5 Å². The Morgan fingerprint density at radius 2 is 1.77 bits per heavy atom. The summed E-state index contributed by atoms with van der Waals surface area (Å²) in [6.07, 6.45) is -4.87. The summed E-state index contributed by atoms with van der Waals surface area (Å²) in [7, 11) is 0. The molecule has 1 atom stereocenters. The van der Waals surface area contributed by atoms with Crippen LogP contribution in [0.4, 0.5) is 17.6 Å². The number of aromatic nitrogens is 2. The zero-order chi connectivity index (χ0) is 22.6. The van der Waals surface area contributed by atoms with Crippen molar-refractivity contribution < 1.29 is 27.1 Å². The molecule has 0 unspecified atom stereocenters. The lowest BCUT2D eigenvalue weighted by Gasteiger charge is -2.17. The van der Waals surface area contributed by atoms with Gasteiger partial charge in [0.2, 0.25) is 5.91 Å². The summed E-state index contributed by atoms with van der Waals surface area (Å²) in [4.78, 5) is 24.7. The van der Waals surface area contributed by atoms with Crippen molar-refractivity contribution in [3.8, 4) is 17.0 Å². The van der Waals surface area contributed by atoms with Crippen LogP contribution in [0, 0.1) is 5.82 Å². The number of nitrogens with one attached hydrogen (secondary N) is 1. The molecule has 0 radical (unpaired) electrons. The fourth-order valence-corrected chi connectivity index (χ4v) is 2.79. The monoisotopic (exact) mass is 435 g/mol. The second-order valence-electron chi connectivity index (χ2n) is 6.56. The highest BCUT2D eigenvalue weighted by atomic mass is 19.4. The first-order chi connectivity index (χ1) is 14.6. The van der Waals surface area contributed by atoms with Crippen molar-refractivity contribution in [3.05, 3.63) is 82.4 Å². The first kappa shape index (κ1) is 22.0. The van der Waals surface area contributed by atoms with E-state index in [9.17, 15) is 27.2 Å². The maximum Gasteiger partial charge on any atom is 0.573 e. The van der Waals surface area contributed by atoms with Crippen molar-refractivity contribution in [3.63, 3.8) is 0 Å². The Hall–Kier alpha value is -3.69. The Bertz CT molecular complexity index is 1130. The Kier molecular flexibility index (Phi) is 6.38. The molecule has 0 aliphatic heterocycles. The van der Waals surface area contributed by atoms with Crippen LogP contribution in [-0.2, 0) is 11.3 Å². The van der Waals surface area contributed by atoms with Gasteiger partial charge in [-0.25, -0.2) is 9.07 Å². The first-order valence-electron chi connectivity index (χ1n) is 9.11. The Morgan fingerprint density at radius 1 is 1.10 bits per heavy atom. The molecule has 0 spiro atoms. The first-order valence-corrected chi connectivity index (χ1v) is 9.11. The van der Waals surface area contributed by atoms with Crippen LogP contribution >= 0.6 is 0 Å². The fraction of sp³-hybridized carbons (Fsp3) is 0.190. The van der Waals surface area contributed by atoms with E-state index in [1.807, 2.05) is 0 Å². The Labute approximate surface area is 174 Å². The molecule has 0 saturated carbocycles. The molecule has 0 aliphatic carbocycles.